The molecule has 0 fully saturated rings. The van der Waals surface area contributed by atoms with Crippen LogP contribution >= 0.6 is 0 Å². The van der Waals surface area contributed by atoms with Crippen molar-refractivity contribution in [2.24, 2.45) is 0 Å². The number of rotatable bonds is 9. The Balaban J connectivity index is 4.40. The molecule has 0 saturated heterocycles. The maximum atomic E-state index is 11.1. The molecular weight excluding hydrogens is 254 g/mol. The molecule has 0 saturated carbocycles. The van der Waals surface area contributed by atoms with E-state index in [1.807, 2.05) is 13.8 Å². The Hall–Kier alpha value is -0.923. The van der Waals surface area contributed by atoms with Gasteiger partial charge in [-0.25, -0.2) is 0 Å². The van der Waals surface area contributed by atoms with Crippen LogP contribution in [-0.2, 0) is 22.9 Å². The van der Waals surface area contributed by atoms with Gasteiger partial charge in [-0.2, -0.15) is 0 Å². The van der Waals surface area contributed by atoms with Crippen molar-refractivity contribution in [2.75, 3.05) is 19.8 Å². The normalized spacial score (nSPS) is 11.1. The van der Waals surface area contributed by atoms with Crippen LogP contribution in [0.1, 0.15) is 34.1 Å². The van der Waals surface area contributed by atoms with E-state index in [4.69, 9.17) is 13.3 Å². The van der Waals surface area contributed by atoms with E-state index in [0.29, 0.717) is 32.2 Å². The number of hydrogen-bond acceptors (Lipinski definition) is 5. The van der Waals surface area contributed by atoms with E-state index in [1.165, 1.54) is 13.8 Å². The predicted octanol–water partition coefficient (Wildman–Crippen LogP) is 1.09. The molecule has 0 heterocycles. The largest absolute Gasteiger partial charge is 0.568 e. The SMILES string of the molecule is CCO[Si](CCCNC(C)=O)(OCC)OC(C)=O. The second-order valence-electron chi connectivity index (χ2n) is 3.73. The maximum absolute atomic E-state index is 11.1. The number of carbonyl (C=O) groups excluding carboxylic acids is 2. The average Bonchev–Trinajstić information content (AvgIpc) is 2.24. The fourth-order valence-electron chi connectivity index (χ4n) is 1.52. The van der Waals surface area contributed by atoms with Crippen molar-refractivity contribution in [2.45, 2.75) is 40.2 Å². The number of hydrogen-bond donors (Lipinski definition) is 1. The summed E-state index contributed by atoms with van der Waals surface area (Å²) in [6.07, 6.45) is 0.652. The van der Waals surface area contributed by atoms with Gasteiger partial charge in [0.15, 0.2) is 0 Å². The number of carbonyl (C=O) groups is 2. The Morgan fingerprint density at radius 1 is 1.11 bits per heavy atom. The highest BCUT2D eigenvalue weighted by molar-refractivity contribution is 6.62. The molecule has 0 aromatic carbocycles. The van der Waals surface area contributed by atoms with Gasteiger partial charge in [-0.3, -0.25) is 9.59 Å². The summed E-state index contributed by atoms with van der Waals surface area (Å²) in [7, 11) is -2.93. The van der Waals surface area contributed by atoms with Gasteiger partial charge in [0, 0.05) is 39.7 Å². The highest BCUT2D eigenvalue weighted by Gasteiger charge is 2.43. The molecule has 1 N–H and O–H groups in total. The van der Waals surface area contributed by atoms with E-state index in [2.05, 4.69) is 5.32 Å². The van der Waals surface area contributed by atoms with Crippen LogP contribution < -0.4 is 5.32 Å². The van der Waals surface area contributed by atoms with Crippen molar-refractivity contribution in [3.8, 4) is 0 Å². The fraction of sp³-hybridized carbons (Fsp3) is 0.818. The minimum Gasteiger partial charge on any atom is -0.473 e. The van der Waals surface area contributed by atoms with Crippen LogP contribution in [0.5, 0.6) is 0 Å². The molecule has 1 amide bonds. The van der Waals surface area contributed by atoms with E-state index in [0.717, 1.165) is 0 Å². The van der Waals surface area contributed by atoms with Gasteiger partial charge in [0.1, 0.15) is 0 Å². The van der Waals surface area contributed by atoms with E-state index in [1.54, 1.807) is 0 Å². The quantitative estimate of drug-likeness (QED) is 0.504. The molecule has 0 aliphatic heterocycles. The smallest absolute Gasteiger partial charge is 0.473 e. The van der Waals surface area contributed by atoms with Crippen LogP contribution in [-0.4, -0.2) is 40.4 Å². The zero-order valence-electron chi connectivity index (χ0n) is 11.6. The Kier molecular flexibility index (Phi) is 8.60. The predicted molar refractivity (Wildman–Crippen MR) is 68.9 cm³/mol. The summed E-state index contributed by atoms with van der Waals surface area (Å²) in [5.74, 6) is -0.481. The molecule has 0 spiro atoms. The molecule has 0 aromatic rings. The van der Waals surface area contributed by atoms with Crippen molar-refractivity contribution in [3.05, 3.63) is 0 Å². The van der Waals surface area contributed by atoms with Crippen LogP contribution in [0.4, 0.5) is 0 Å². The van der Waals surface area contributed by atoms with E-state index >= 15 is 0 Å². The zero-order valence-corrected chi connectivity index (χ0v) is 12.6. The lowest BCUT2D eigenvalue weighted by Gasteiger charge is -2.27. The second kappa shape index (κ2) is 9.07. The van der Waals surface area contributed by atoms with Crippen molar-refractivity contribution < 1.29 is 22.9 Å². The Labute approximate surface area is 109 Å². The van der Waals surface area contributed by atoms with Crippen molar-refractivity contribution >= 4 is 20.7 Å². The summed E-state index contributed by atoms with van der Waals surface area (Å²) in [6, 6.07) is 0.508. The standard InChI is InChI=1S/C11H23NO5Si/c1-5-15-18(16-6-2,17-11(4)14)9-7-8-12-10(3)13/h5-9H2,1-4H3,(H,12,13). The molecule has 6 nitrogen and oxygen atoms in total. The third kappa shape index (κ3) is 7.41. The first-order chi connectivity index (χ1) is 8.45. The minimum absolute atomic E-state index is 0.0810. The Morgan fingerprint density at radius 3 is 2.06 bits per heavy atom. The van der Waals surface area contributed by atoms with Gasteiger partial charge < -0.3 is 18.6 Å². The maximum Gasteiger partial charge on any atom is 0.568 e. The van der Waals surface area contributed by atoms with Crippen molar-refractivity contribution in [1.82, 2.24) is 5.32 Å². The van der Waals surface area contributed by atoms with Gasteiger partial charge in [-0.1, -0.05) is 0 Å². The highest BCUT2D eigenvalue weighted by Crippen LogP contribution is 2.18. The van der Waals surface area contributed by atoms with Gasteiger partial charge in [-0.15, -0.1) is 0 Å². The van der Waals surface area contributed by atoms with Crippen LogP contribution in [0.25, 0.3) is 0 Å². The third-order valence-electron chi connectivity index (χ3n) is 2.06. The monoisotopic (exact) mass is 277 g/mol. The summed E-state index contributed by atoms with van der Waals surface area (Å²) in [5, 5.41) is 2.69. The zero-order chi connectivity index (χ0) is 14.0. The summed E-state index contributed by atoms with van der Waals surface area (Å²) in [4.78, 5) is 21.9. The van der Waals surface area contributed by atoms with Gasteiger partial charge in [0.25, 0.3) is 5.97 Å². The second-order valence-corrected chi connectivity index (χ2v) is 6.38. The summed E-state index contributed by atoms with van der Waals surface area (Å²) in [5.41, 5.74) is 0. The highest BCUT2D eigenvalue weighted by atomic mass is 28.4. The molecule has 18 heavy (non-hydrogen) atoms. The number of amides is 1. The molecule has 7 heteroatoms. The van der Waals surface area contributed by atoms with Gasteiger partial charge in [0.2, 0.25) is 5.91 Å². The fourth-order valence-corrected chi connectivity index (χ4v) is 4.04. The van der Waals surface area contributed by atoms with Crippen LogP contribution in [0.3, 0.4) is 0 Å². The third-order valence-corrected chi connectivity index (χ3v) is 5.08. The molecule has 0 radical (unpaired) electrons. The van der Waals surface area contributed by atoms with Crippen LogP contribution in [0.15, 0.2) is 0 Å². The summed E-state index contributed by atoms with van der Waals surface area (Å²) >= 11 is 0. The van der Waals surface area contributed by atoms with Gasteiger partial charge in [0.05, 0.1) is 0 Å². The van der Waals surface area contributed by atoms with Crippen molar-refractivity contribution in [3.63, 3.8) is 0 Å². The van der Waals surface area contributed by atoms with E-state index in [-0.39, 0.29) is 5.91 Å². The van der Waals surface area contributed by atoms with Gasteiger partial charge >= 0.3 is 8.80 Å². The minimum atomic E-state index is -2.93. The first-order valence-electron chi connectivity index (χ1n) is 6.17. The molecule has 106 valence electrons. The van der Waals surface area contributed by atoms with E-state index < -0.39 is 14.8 Å². The molecule has 0 aliphatic carbocycles. The molecule has 0 unspecified atom stereocenters. The summed E-state index contributed by atoms with van der Waals surface area (Å²) in [6.45, 7) is 7.84. The lowest BCUT2D eigenvalue weighted by molar-refractivity contribution is -0.136. The number of nitrogens with one attached hydrogen (secondary N) is 1. The molecule has 0 atom stereocenters. The first-order valence-corrected chi connectivity index (χ1v) is 8.11. The van der Waals surface area contributed by atoms with Gasteiger partial charge in [-0.05, 0) is 20.3 Å². The molecule has 0 aromatic heterocycles. The van der Waals surface area contributed by atoms with Crippen LogP contribution in [0.2, 0.25) is 6.04 Å². The lowest BCUT2D eigenvalue weighted by atomic mass is 10.5. The lowest BCUT2D eigenvalue weighted by Crippen LogP contribution is -2.47. The topological polar surface area (TPSA) is 73.9 Å². The summed E-state index contributed by atoms with van der Waals surface area (Å²) < 4.78 is 16.4. The Morgan fingerprint density at radius 2 is 1.67 bits per heavy atom. The Bertz CT molecular complexity index is 266. The molecule has 0 rings (SSSR count). The molecule has 0 aliphatic rings. The van der Waals surface area contributed by atoms with Crippen molar-refractivity contribution in [1.29, 1.82) is 0 Å². The van der Waals surface area contributed by atoms with E-state index in [9.17, 15) is 9.59 Å². The first kappa shape index (κ1) is 17.1. The average molecular weight is 277 g/mol. The molecule has 0 bridgehead atoms. The molecular formula is C11H23NO5Si. The van der Waals surface area contributed by atoms with Crippen LogP contribution in [0, 0.1) is 0 Å².